The molecular weight excluding hydrogens is 392 g/mol. The molecule has 5 rings (SSSR count). The monoisotopic (exact) mass is 418 g/mol. The minimum atomic E-state index is -0.207. The van der Waals surface area contributed by atoms with Gasteiger partial charge in [0.05, 0.1) is 35.3 Å². The van der Waals surface area contributed by atoms with Crippen LogP contribution in [-0.4, -0.2) is 73.6 Å². The number of nitrogens with zero attached hydrogens (tertiary/aromatic N) is 7. The van der Waals surface area contributed by atoms with Crippen molar-refractivity contribution >= 4 is 28.3 Å². The van der Waals surface area contributed by atoms with E-state index in [4.69, 9.17) is 4.98 Å². The van der Waals surface area contributed by atoms with Crippen molar-refractivity contribution in [2.45, 2.75) is 13.0 Å². The summed E-state index contributed by atoms with van der Waals surface area (Å²) in [7, 11) is 6.14. The SMILES string of the molecule is Cc1nn(C)c2cc(C(=O)Nc3cn4cc([C@@H]5CN(C)CCN5C)nc4cn3)ccc12. The van der Waals surface area contributed by atoms with Crippen LogP contribution in [0.1, 0.15) is 27.8 Å². The van der Waals surface area contributed by atoms with Crippen molar-refractivity contribution in [1.29, 1.82) is 0 Å². The Kier molecular flexibility index (Phi) is 4.71. The fourth-order valence-corrected chi connectivity index (χ4v) is 4.24. The molecule has 9 heteroatoms. The molecule has 9 nitrogen and oxygen atoms in total. The summed E-state index contributed by atoms with van der Waals surface area (Å²) < 4.78 is 3.71. The highest BCUT2D eigenvalue weighted by molar-refractivity contribution is 6.05. The normalized spacial score (nSPS) is 18.1. The van der Waals surface area contributed by atoms with Gasteiger partial charge in [-0.3, -0.25) is 14.4 Å². The van der Waals surface area contributed by atoms with Gasteiger partial charge in [-0.2, -0.15) is 5.10 Å². The maximum atomic E-state index is 12.8. The second-order valence-electron chi connectivity index (χ2n) is 8.36. The predicted octanol–water partition coefficient (Wildman–Crippen LogP) is 2.10. The van der Waals surface area contributed by atoms with Crippen LogP contribution in [0.5, 0.6) is 0 Å². The third kappa shape index (κ3) is 3.55. The number of anilines is 1. The van der Waals surface area contributed by atoms with Crippen molar-refractivity contribution in [1.82, 2.24) is 33.9 Å². The van der Waals surface area contributed by atoms with Gasteiger partial charge in [0.1, 0.15) is 5.82 Å². The minimum absolute atomic E-state index is 0.207. The van der Waals surface area contributed by atoms with Crippen molar-refractivity contribution < 1.29 is 4.79 Å². The van der Waals surface area contributed by atoms with Gasteiger partial charge in [-0.1, -0.05) is 6.07 Å². The number of carbonyl (C=O) groups excluding carboxylic acids is 1. The van der Waals surface area contributed by atoms with Gasteiger partial charge in [-0.15, -0.1) is 0 Å². The maximum Gasteiger partial charge on any atom is 0.256 e. The molecule has 4 aromatic rings. The van der Waals surface area contributed by atoms with Gasteiger partial charge in [0.15, 0.2) is 5.65 Å². The molecule has 1 amide bonds. The highest BCUT2D eigenvalue weighted by Gasteiger charge is 2.26. The second-order valence-corrected chi connectivity index (χ2v) is 8.36. The van der Waals surface area contributed by atoms with Crippen LogP contribution in [0.25, 0.3) is 16.6 Å². The molecule has 1 fully saturated rings. The van der Waals surface area contributed by atoms with Gasteiger partial charge in [0.2, 0.25) is 0 Å². The van der Waals surface area contributed by atoms with Crippen LogP contribution in [-0.2, 0) is 7.05 Å². The number of amides is 1. The lowest BCUT2D eigenvalue weighted by Gasteiger charge is -2.36. The maximum absolute atomic E-state index is 12.8. The molecule has 31 heavy (non-hydrogen) atoms. The van der Waals surface area contributed by atoms with Gasteiger partial charge >= 0.3 is 0 Å². The van der Waals surface area contributed by atoms with Crippen molar-refractivity contribution in [2.75, 3.05) is 39.0 Å². The largest absolute Gasteiger partial charge is 0.305 e. The molecule has 1 aliphatic heterocycles. The van der Waals surface area contributed by atoms with E-state index < -0.39 is 0 Å². The van der Waals surface area contributed by atoms with Crippen molar-refractivity contribution in [3.8, 4) is 0 Å². The molecule has 1 saturated heterocycles. The second kappa shape index (κ2) is 7.44. The van der Waals surface area contributed by atoms with Gasteiger partial charge in [-0.05, 0) is 33.2 Å². The lowest BCUT2D eigenvalue weighted by Crippen LogP contribution is -2.44. The van der Waals surface area contributed by atoms with E-state index in [1.807, 2.05) is 49.0 Å². The zero-order valence-electron chi connectivity index (χ0n) is 18.2. The Bertz CT molecular complexity index is 1290. The van der Waals surface area contributed by atoms with Gasteiger partial charge in [0.25, 0.3) is 5.91 Å². The first-order valence-electron chi connectivity index (χ1n) is 10.4. The van der Waals surface area contributed by atoms with E-state index in [0.29, 0.717) is 11.4 Å². The molecule has 0 saturated carbocycles. The van der Waals surface area contributed by atoms with E-state index in [2.05, 4.69) is 39.3 Å². The number of aromatic nitrogens is 5. The lowest BCUT2D eigenvalue weighted by atomic mass is 10.1. The highest BCUT2D eigenvalue weighted by Crippen LogP contribution is 2.24. The first-order valence-corrected chi connectivity index (χ1v) is 10.4. The van der Waals surface area contributed by atoms with Gasteiger partial charge < -0.3 is 14.6 Å². The van der Waals surface area contributed by atoms with Crippen LogP contribution in [0.2, 0.25) is 0 Å². The summed E-state index contributed by atoms with van der Waals surface area (Å²) in [5, 5.41) is 8.36. The molecule has 3 aromatic heterocycles. The van der Waals surface area contributed by atoms with E-state index >= 15 is 0 Å². The Labute approximate surface area is 180 Å². The molecule has 4 heterocycles. The average Bonchev–Trinajstić information content (AvgIpc) is 3.29. The third-order valence-electron chi connectivity index (χ3n) is 6.09. The number of aryl methyl sites for hydroxylation is 2. The first-order chi connectivity index (χ1) is 14.9. The van der Waals surface area contributed by atoms with Gasteiger partial charge in [0, 0.05) is 43.8 Å². The summed E-state index contributed by atoms with van der Waals surface area (Å²) in [4.78, 5) is 26.6. The van der Waals surface area contributed by atoms with E-state index in [-0.39, 0.29) is 11.9 Å². The van der Waals surface area contributed by atoms with Crippen molar-refractivity contribution in [2.24, 2.45) is 7.05 Å². The number of rotatable bonds is 3. The summed E-state index contributed by atoms with van der Waals surface area (Å²) in [5.74, 6) is 0.276. The van der Waals surface area contributed by atoms with Crippen LogP contribution < -0.4 is 5.32 Å². The number of likely N-dealkylation sites (N-methyl/N-ethyl adjacent to an activating group) is 2. The van der Waals surface area contributed by atoms with Crippen LogP contribution in [0, 0.1) is 6.92 Å². The summed E-state index contributed by atoms with van der Waals surface area (Å²) in [6.45, 7) is 4.97. The number of imidazole rings is 1. The Morgan fingerprint density at radius 3 is 2.84 bits per heavy atom. The third-order valence-corrected chi connectivity index (χ3v) is 6.09. The summed E-state index contributed by atoms with van der Waals surface area (Å²) >= 11 is 0. The molecule has 0 spiro atoms. The Morgan fingerprint density at radius 2 is 2.00 bits per heavy atom. The summed E-state index contributed by atoms with van der Waals surface area (Å²) in [6.07, 6.45) is 5.53. The Hall–Kier alpha value is -3.30. The molecule has 1 N–H and O–H groups in total. The summed E-state index contributed by atoms with van der Waals surface area (Å²) in [5.41, 5.74) is 4.21. The average molecular weight is 419 g/mol. The highest BCUT2D eigenvalue weighted by atomic mass is 16.1. The molecule has 1 aliphatic rings. The van der Waals surface area contributed by atoms with Crippen LogP contribution >= 0.6 is 0 Å². The molecule has 0 aliphatic carbocycles. The molecule has 1 atom stereocenters. The fourth-order valence-electron chi connectivity index (χ4n) is 4.24. The molecule has 0 radical (unpaired) electrons. The smallest absolute Gasteiger partial charge is 0.256 e. The van der Waals surface area contributed by atoms with Crippen LogP contribution in [0.15, 0.2) is 36.8 Å². The molecular formula is C22H26N8O. The van der Waals surface area contributed by atoms with Crippen LogP contribution in [0.4, 0.5) is 5.82 Å². The first kappa shape index (κ1) is 19.7. The number of benzene rings is 1. The quantitative estimate of drug-likeness (QED) is 0.549. The standard InChI is InChI=1S/C22H26N8O/c1-14-16-6-5-15(9-18(16)29(4)26-14)22(31)25-20-13-30-11-17(24-21(30)10-23-20)19-12-27(2)7-8-28(19)3/h5-6,9-11,13,19H,7-8,12H2,1-4H3,(H,25,31)/t19-/m0/s1. The number of fused-ring (bicyclic) bond motifs is 2. The number of nitrogens with one attached hydrogen (secondary N) is 1. The minimum Gasteiger partial charge on any atom is -0.305 e. The zero-order valence-corrected chi connectivity index (χ0v) is 18.2. The predicted molar refractivity (Wildman–Crippen MR) is 119 cm³/mol. The van der Waals surface area contributed by atoms with Crippen molar-refractivity contribution in [3.05, 3.63) is 53.7 Å². The molecule has 160 valence electrons. The van der Waals surface area contributed by atoms with E-state index in [1.54, 1.807) is 10.9 Å². The molecule has 0 bridgehead atoms. The Morgan fingerprint density at radius 1 is 1.16 bits per heavy atom. The topological polar surface area (TPSA) is 83.6 Å². The van der Waals surface area contributed by atoms with Gasteiger partial charge in [-0.25, -0.2) is 9.97 Å². The summed E-state index contributed by atoms with van der Waals surface area (Å²) in [6, 6.07) is 5.85. The molecule has 1 aromatic carbocycles. The molecule has 0 unspecified atom stereocenters. The zero-order chi connectivity index (χ0) is 21.7. The van der Waals surface area contributed by atoms with E-state index in [1.165, 1.54) is 0 Å². The fraction of sp³-hybridized carbons (Fsp3) is 0.364. The van der Waals surface area contributed by atoms with E-state index in [9.17, 15) is 4.79 Å². The Balaban J connectivity index is 1.39. The lowest BCUT2D eigenvalue weighted by molar-refractivity contribution is 0.102. The number of piperazine rings is 1. The number of carbonyl (C=O) groups is 1. The number of hydrogen-bond acceptors (Lipinski definition) is 6. The van der Waals surface area contributed by atoms with Crippen molar-refractivity contribution in [3.63, 3.8) is 0 Å². The van der Waals surface area contributed by atoms with Crippen LogP contribution in [0.3, 0.4) is 0 Å². The number of hydrogen-bond donors (Lipinski definition) is 1. The van der Waals surface area contributed by atoms with E-state index in [0.717, 1.165) is 47.6 Å².